The molecule has 1 nitrogen and oxygen atoms in total. The molecular weight excluding hydrogens is 362 g/mol. The molecule has 96 valence electrons. The maximum Gasteiger partial charge on any atom is 0.0758 e. The molecule has 0 spiro atoms. The quantitative estimate of drug-likeness (QED) is 0.744. The first kappa shape index (κ1) is 14.0. The normalized spacial score (nSPS) is 27.1. The van der Waals surface area contributed by atoms with E-state index in [2.05, 4.69) is 57.2 Å². The van der Waals surface area contributed by atoms with Crippen LogP contribution in [0.15, 0.2) is 13.6 Å². The van der Waals surface area contributed by atoms with Crippen LogP contribution in [0.3, 0.4) is 0 Å². The molecule has 0 amide bonds. The Kier molecular flexibility index (Phi) is 5.10. The monoisotopic (exact) mass is 379 g/mol. The molecule has 1 aliphatic carbocycles. The smallest absolute Gasteiger partial charge is 0.0758 e. The van der Waals surface area contributed by atoms with Gasteiger partial charge < -0.3 is 5.32 Å². The second kappa shape index (κ2) is 6.18. The van der Waals surface area contributed by atoms with Crippen molar-refractivity contribution < 1.29 is 0 Å². The SMILES string of the molecule is CNC(c1cc(Br)sc1Br)C1CCC(C)CC1. The lowest BCUT2D eigenvalue weighted by molar-refractivity contribution is 0.238. The van der Waals surface area contributed by atoms with Crippen LogP contribution >= 0.6 is 43.2 Å². The Hall–Kier alpha value is 0.620. The average molecular weight is 381 g/mol. The summed E-state index contributed by atoms with van der Waals surface area (Å²) in [5, 5.41) is 3.51. The molecule has 1 aliphatic rings. The number of hydrogen-bond donors (Lipinski definition) is 1. The van der Waals surface area contributed by atoms with Gasteiger partial charge in [-0.05, 0) is 75.2 Å². The van der Waals surface area contributed by atoms with E-state index in [0.29, 0.717) is 6.04 Å². The highest BCUT2D eigenvalue weighted by atomic mass is 79.9. The minimum absolute atomic E-state index is 0.499. The summed E-state index contributed by atoms with van der Waals surface area (Å²) in [7, 11) is 2.08. The van der Waals surface area contributed by atoms with Gasteiger partial charge in [-0.15, -0.1) is 11.3 Å². The molecule has 0 aliphatic heterocycles. The van der Waals surface area contributed by atoms with Crippen LogP contribution in [0.2, 0.25) is 0 Å². The fourth-order valence-corrected chi connectivity index (χ4v) is 5.76. The summed E-state index contributed by atoms with van der Waals surface area (Å²) >= 11 is 9.03. The first-order valence-corrected chi connectivity index (χ1v) is 8.64. The maximum atomic E-state index is 3.69. The van der Waals surface area contributed by atoms with E-state index < -0.39 is 0 Å². The van der Waals surface area contributed by atoms with Crippen LogP contribution < -0.4 is 5.32 Å². The molecule has 1 heterocycles. The van der Waals surface area contributed by atoms with E-state index in [1.54, 1.807) is 11.3 Å². The minimum atomic E-state index is 0.499. The molecule has 0 aromatic carbocycles. The molecule has 1 aromatic rings. The highest BCUT2D eigenvalue weighted by Crippen LogP contribution is 2.42. The molecular formula is C13H19Br2NS. The molecule has 1 saturated carbocycles. The second-order valence-electron chi connectivity index (χ2n) is 5.07. The lowest BCUT2D eigenvalue weighted by Gasteiger charge is -2.32. The van der Waals surface area contributed by atoms with Crippen molar-refractivity contribution in [2.45, 2.75) is 38.6 Å². The van der Waals surface area contributed by atoms with Gasteiger partial charge in [0.1, 0.15) is 0 Å². The number of hydrogen-bond acceptors (Lipinski definition) is 2. The summed E-state index contributed by atoms with van der Waals surface area (Å²) in [5.74, 6) is 1.70. The van der Waals surface area contributed by atoms with E-state index in [0.717, 1.165) is 11.8 Å². The highest BCUT2D eigenvalue weighted by Gasteiger charge is 2.28. The Bertz CT molecular complexity index is 369. The summed E-state index contributed by atoms with van der Waals surface area (Å²) in [4.78, 5) is 0. The molecule has 1 unspecified atom stereocenters. The minimum Gasteiger partial charge on any atom is -0.313 e. The molecule has 0 saturated heterocycles. The van der Waals surface area contributed by atoms with Crippen LogP contribution in [0.25, 0.3) is 0 Å². The number of rotatable bonds is 3. The first-order valence-electron chi connectivity index (χ1n) is 6.23. The number of thiophene rings is 1. The third-order valence-electron chi connectivity index (χ3n) is 3.86. The maximum absolute atomic E-state index is 3.69. The summed E-state index contributed by atoms with van der Waals surface area (Å²) in [5.41, 5.74) is 1.42. The molecule has 1 aromatic heterocycles. The standard InChI is InChI=1S/C13H19Br2NS/c1-8-3-5-9(6-4-8)12(16-2)10-7-11(14)17-13(10)15/h7-9,12,16H,3-6H2,1-2H3. The van der Waals surface area contributed by atoms with Crippen molar-refractivity contribution in [3.8, 4) is 0 Å². The molecule has 0 bridgehead atoms. The van der Waals surface area contributed by atoms with Gasteiger partial charge in [0.15, 0.2) is 0 Å². The van der Waals surface area contributed by atoms with Gasteiger partial charge in [0.25, 0.3) is 0 Å². The largest absolute Gasteiger partial charge is 0.313 e. The fraction of sp³-hybridized carbons (Fsp3) is 0.692. The second-order valence-corrected chi connectivity index (χ2v) is 8.82. The van der Waals surface area contributed by atoms with Crippen molar-refractivity contribution in [2.75, 3.05) is 7.05 Å². The average Bonchev–Trinajstić information content (AvgIpc) is 2.62. The molecule has 1 atom stereocenters. The Morgan fingerprint density at radius 2 is 1.94 bits per heavy atom. The zero-order valence-electron chi connectivity index (χ0n) is 10.3. The summed E-state index contributed by atoms with van der Waals surface area (Å²) in [6, 6.07) is 2.76. The van der Waals surface area contributed by atoms with Gasteiger partial charge in [-0.1, -0.05) is 19.8 Å². The van der Waals surface area contributed by atoms with Crippen molar-refractivity contribution in [3.63, 3.8) is 0 Å². The molecule has 0 radical (unpaired) electrons. The fourth-order valence-electron chi connectivity index (χ4n) is 2.83. The van der Waals surface area contributed by atoms with E-state index in [1.807, 2.05) is 0 Å². The van der Waals surface area contributed by atoms with Crippen LogP contribution in [0.1, 0.15) is 44.2 Å². The zero-order valence-corrected chi connectivity index (χ0v) is 14.3. The molecule has 4 heteroatoms. The van der Waals surface area contributed by atoms with Gasteiger partial charge in [-0.2, -0.15) is 0 Å². The van der Waals surface area contributed by atoms with Gasteiger partial charge in [0, 0.05) is 6.04 Å². The third-order valence-corrected chi connectivity index (χ3v) is 6.25. The molecule has 2 rings (SSSR count). The zero-order chi connectivity index (χ0) is 12.4. The van der Waals surface area contributed by atoms with E-state index in [4.69, 9.17) is 0 Å². The van der Waals surface area contributed by atoms with Crippen LogP contribution in [-0.4, -0.2) is 7.05 Å². The Labute approximate surface area is 125 Å². The predicted molar refractivity (Wildman–Crippen MR) is 82.6 cm³/mol. The van der Waals surface area contributed by atoms with Crippen molar-refractivity contribution in [3.05, 3.63) is 19.2 Å². The van der Waals surface area contributed by atoms with Crippen molar-refractivity contribution in [1.82, 2.24) is 5.32 Å². The lowest BCUT2D eigenvalue weighted by Crippen LogP contribution is -2.28. The summed E-state index contributed by atoms with van der Waals surface area (Å²) in [6.07, 6.45) is 5.47. The van der Waals surface area contributed by atoms with Crippen LogP contribution in [-0.2, 0) is 0 Å². The summed E-state index contributed by atoms with van der Waals surface area (Å²) < 4.78 is 2.48. The van der Waals surface area contributed by atoms with Gasteiger partial charge in [-0.25, -0.2) is 0 Å². The van der Waals surface area contributed by atoms with Crippen LogP contribution in [0, 0.1) is 11.8 Å². The van der Waals surface area contributed by atoms with Crippen LogP contribution in [0.5, 0.6) is 0 Å². The number of halogens is 2. The van der Waals surface area contributed by atoms with Crippen LogP contribution in [0.4, 0.5) is 0 Å². The lowest BCUT2D eigenvalue weighted by atomic mass is 9.78. The van der Waals surface area contributed by atoms with Crippen molar-refractivity contribution in [2.24, 2.45) is 11.8 Å². The van der Waals surface area contributed by atoms with Crippen molar-refractivity contribution in [1.29, 1.82) is 0 Å². The third kappa shape index (κ3) is 3.34. The van der Waals surface area contributed by atoms with E-state index in [9.17, 15) is 0 Å². The van der Waals surface area contributed by atoms with E-state index in [-0.39, 0.29) is 0 Å². The Morgan fingerprint density at radius 3 is 2.41 bits per heavy atom. The van der Waals surface area contributed by atoms with Gasteiger partial charge in [-0.3, -0.25) is 0 Å². The molecule has 1 fully saturated rings. The topological polar surface area (TPSA) is 12.0 Å². The first-order chi connectivity index (χ1) is 8.11. The van der Waals surface area contributed by atoms with Gasteiger partial charge >= 0.3 is 0 Å². The predicted octanol–water partition coefficient (Wildman–Crippen LogP) is 5.36. The Morgan fingerprint density at radius 1 is 1.29 bits per heavy atom. The van der Waals surface area contributed by atoms with E-state index in [1.165, 1.54) is 38.8 Å². The van der Waals surface area contributed by atoms with Gasteiger partial charge in [0.2, 0.25) is 0 Å². The molecule has 1 N–H and O–H groups in total. The van der Waals surface area contributed by atoms with Crippen molar-refractivity contribution >= 4 is 43.2 Å². The Balaban J connectivity index is 2.13. The highest BCUT2D eigenvalue weighted by molar-refractivity contribution is 9.12. The molecule has 17 heavy (non-hydrogen) atoms. The summed E-state index contributed by atoms with van der Waals surface area (Å²) in [6.45, 7) is 2.38. The van der Waals surface area contributed by atoms with E-state index >= 15 is 0 Å². The van der Waals surface area contributed by atoms with Gasteiger partial charge in [0.05, 0.1) is 7.57 Å². The number of nitrogens with one attached hydrogen (secondary N) is 1.